The molecule has 0 spiro atoms. The molecule has 1 N–H and O–H groups in total. The minimum Gasteiger partial charge on any atom is -0.314 e. The van der Waals surface area contributed by atoms with Crippen LogP contribution in [0.15, 0.2) is 24.3 Å². The van der Waals surface area contributed by atoms with Crippen molar-refractivity contribution in [3.63, 3.8) is 0 Å². The fraction of sp³-hybridized carbons (Fsp3) is 0.467. The Bertz CT molecular complexity index is 529. The Morgan fingerprint density at radius 2 is 2.18 bits per heavy atom. The monoisotopic (exact) mass is 245 g/mol. The van der Waals surface area contributed by atoms with Gasteiger partial charge in [0.25, 0.3) is 0 Å². The molecule has 1 aromatic carbocycles. The molecule has 0 unspecified atom stereocenters. The predicted molar refractivity (Wildman–Crippen MR) is 76.0 cm³/mol. The van der Waals surface area contributed by atoms with E-state index in [9.17, 15) is 0 Å². The van der Waals surface area contributed by atoms with E-state index in [1.165, 1.54) is 35.0 Å². The third-order valence-electron chi connectivity index (χ3n) is 3.72. The summed E-state index contributed by atoms with van der Waals surface area (Å²) >= 11 is 1.99. The van der Waals surface area contributed by atoms with Crippen molar-refractivity contribution in [3.8, 4) is 0 Å². The van der Waals surface area contributed by atoms with Crippen LogP contribution in [-0.2, 0) is 0 Å². The molecule has 17 heavy (non-hydrogen) atoms. The molecule has 1 aliphatic heterocycles. The van der Waals surface area contributed by atoms with Gasteiger partial charge in [-0.15, -0.1) is 11.3 Å². The zero-order valence-electron chi connectivity index (χ0n) is 10.5. The lowest BCUT2D eigenvalue weighted by atomic mass is 9.92. The summed E-state index contributed by atoms with van der Waals surface area (Å²) in [7, 11) is 0. The molecule has 0 aliphatic carbocycles. The van der Waals surface area contributed by atoms with Crippen molar-refractivity contribution < 1.29 is 0 Å². The molecular weight excluding hydrogens is 226 g/mol. The van der Waals surface area contributed by atoms with Crippen LogP contribution in [0.1, 0.15) is 36.1 Å². The Kier molecular flexibility index (Phi) is 2.93. The molecular formula is C15H19NS. The molecule has 1 nitrogen and oxygen atoms in total. The highest BCUT2D eigenvalue weighted by atomic mass is 32.1. The van der Waals surface area contributed by atoms with E-state index in [0.29, 0.717) is 6.04 Å². The first-order valence-electron chi connectivity index (χ1n) is 6.46. The second-order valence-electron chi connectivity index (χ2n) is 5.27. The maximum absolute atomic E-state index is 3.53. The van der Waals surface area contributed by atoms with Crippen LogP contribution in [0.5, 0.6) is 0 Å². The van der Waals surface area contributed by atoms with Gasteiger partial charge in [-0.05, 0) is 62.2 Å². The summed E-state index contributed by atoms with van der Waals surface area (Å²) in [6.45, 7) is 5.63. The molecule has 1 aliphatic rings. The van der Waals surface area contributed by atoms with E-state index in [4.69, 9.17) is 0 Å². The molecule has 2 atom stereocenters. The number of piperidine rings is 1. The van der Waals surface area contributed by atoms with Crippen LogP contribution in [0, 0.1) is 6.92 Å². The average molecular weight is 245 g/mol. The van der Waals surface area contributed by atoms with Gasteiger partial charge >= 0.3 is 0 Å². The number of nitrogens with one attached hydrogen (secondary N) is 1. The van der Waals surface area contributed by atoms with E-state index in [1.807, 2.05) is 11.3 Å². The Morgan fingerprint density at radius 1 is 1.29 bits per heavy atom. The first-order valence-corrected chi connectivity index (χ1v) is 7.27. The zero-order chi connectivity index (χ0) is 11.8. The summed E-state index contributed by atoms with van der Waals surface area (Å²) in [5.74, 6) is 0.768. The molecule has 0 saturated carbocycles. The number of fused-ring (bicyclic) bond motifs is 1. The van der Waals surface area contributed by atoms with Crippen LogP contribution in [0.2, 0.25) is 0 Å². The predicted octanol–water partition coefficient (Wildman–Crippen LogP) is 4.07. The van der Waals surface area contributed by atoms with Crippen molar-refractivity contribution in [2.45, 2.75) is 38.6 Å². The van der Waals surface area contributed by atoms with Gasteiger partial charge in [-0.3, -0.25) is 0 Å². The van der Waals surface area contributed by atoms with Gasteiger partial charge in [-0.2, -0.15) is 0 Å². The second kappa shape index (κ2) is 4.43. The van der Waals surface area contributed by atoms with Crippen molar-refractivity contribution >= 4 is 21.4 Å². The molecule has 1 fully saturated rings. The zero-order valence-corrected chi connectivity index (χ0v) is 11.3. The van der Waals surface area contributed by atoms with Crippen LogP contribution in [0.3, 0.4) is 0 Å². The third-order valence-corrected chi connectivity index (χ3v) is 4.98. The number of rotatable bonds is 1. The normalized spacial score (nSPS) is 25.3. The van der Waals surface area contributed by atoms with Crippen molar-refractivity contribution in [2.24, 2.45) is 0 Å². The van der Waals surface area contributed by atoms with Crippen molar-refractivity contribution in [1.29, 1.82) is 0 Å². The highest BCUT2D eigenvalue weighted by molar-refractivity contribution is 7.19. The maximum Gasteiger partial charge on any atom is 0.0348 e. The summed E-state index contributed by atoms with van der Waals surface area (Å²) in [6, 6.07) is 9.86. The smallest absolute Gasteiger partial charge is 0.0348 e. The van der Waals surface area contributed by atoms with Gasteiger partial charge in [0.05, 0.1) is 0 Å². The quantitative estimate of drug-likeness (QED) is 0.798. The number of hydrogen-bond donors (Lipinski definition) is 1. The molecule has 3 rings (SSSR count). The first kappa shape index (κ1) is 11.2. The van der Waals surface area contributed by atoms with E-state index in [0.717, 1.165) is 5.92 Å². The van der Waals surface area contributed by atoms with E-state index in [2.05, 4.69) is 43.4 Å². The Morgan fingerprint density at radius 3 is 3.00 bits per heavy atom. The van der Waals surface area contributed by atoms with E-state index in [1.54, 1.807) is 4.88 Å². The molecule has 2 aromatic rings. The fourth-order valence-electron chi connectivity index (χ4n) is 2.75. The van der Waals surface area contributed by atoms with Gasteiger partial charge in [-0.25, -0.2) is 0 Å². The van der Waals surface area contributed by atoms with Crippen molar-refractivity contribution in [2.75, 3.05) is 6.54 Å². The van der Waals surface area contributed by atoms with Crippen LogP contribution in [0.25, 0.3) is 10.1 Å². The van der Waals surface area contributed by atoms with Crippen LogP contribution >= 0.6 is 11.3 Å². The van der Waals surface area contributed by atoms with Gasteiger partial charge in [0.15, 0.2) is 0 Å². The highest BCUT2D eigenvalue weighted by Crippen LogP contribution is 2.36. The second-order valence-corrected chi connectivity index (χ2v) is 6.38. The van der Waals surface area contributed by atoms with Crippen LogP contribution in [0.4, 0.5) is 0 Å². The third kappa shape index (κ3) is 2.24. The number of thiophene rings is 1. The lowest BCUT2D eigenvalue weighted by Gasteiger charge is -2.27. The molecule has 0 radical (unpaired) electrons. The molecule has 2 heterocycles. The SMILES string of the molecule is Cc1ccc2cc([C@H]3CCN[C@@H](C)C3)sc2c1. The van der Waals surface area contributed by atoms with Gasteiger partial charge in [-0.1, -0.05) is 12.1 Å². The number of hydrogen-bond acceptors (Lipinski definition) is 2. The molecule has 90 valence electrons. The number of aryl methyl sites for hydroxylation is 1. The molecule has 0 bridgehead atoms. The highest BCUT2D eigenvalue weighted by Gasteiger charge is 2.21. The summed E-state index contributed by atoms with van der Waals surface area (Å²) in [4.78, 5) is 1.58. The lowest BCUT2D eigenvalue weighted by molar-refractivity contribution is 0.384. The van der Waals surface area contributed by atoms with Gasteiger partial charge in [0.1, 0.15) is 0 Å². The van der Waals surface area contributed by atoms with Gasteiger partial charge < -0.3 is 5.32 Å². The van der Waals surface area contributed by atoms with Crippen LogP contribution < -0.4 is 5.32 Å². The Hall–Kier alpha value is -0.860. The summed E-state index contributed by atoms with van der Waals surface area (Å²) in [5.41, 5.74) is 1.37. The van der Waals surface area contributed by atoms with E-state index in [-0.39, 0.29) is 0 Å². The van der Waals surface area contributed by atoms with E-state index < -0.39 is 0 Å². The first-order chi connectivity index (χ1) is 8.22. The summed E-state index contributed by atoms with van der Waals surface area (Å²) in [5, 5.41) is 4.95. The average Bonchev–Trinajstić information content (AvgIpc) is 2.72. The standard InChI is InChI=1S/C15H19NS/c1-10-3-4-12-9-15(17-14(12)7-10)13-5-6-16-11(2)8-13/h3-4,7,9,11,13,16H,5-6,8H2,1-2H3/t11-,13-/m0/s1. The molecule has 1 saturated heterocycles. The molecule has 0 amide bonds. The topological polar surface area (TPSA) is 12.0 Å². The largest absolute Gasteiger partial charge is 0.314 e. The minimum atomic E-state index is 0.667. The van der Waals surface area contributed by atoms with Crippen LogP contribution in [-0.4, -0.2) is 12.6 Å². The Labute approximate surface area is 107 Å². The lowest BCUT2D eigenvalue weighted by Crippen LogP contribution is -2.34. The van der Waals surface area contributed by atoms with Gasteiger partial charge in [0.2, 0.25) is 0 Å². The van der Waals surface area contributed by atoms with E-state index >= 15 is 0 Å². The van der Waals surface area contributed by atoms with Gasteiger partial charge in [0, 0.05) is 15.6 Å². The van der Waals surface area contributed by atoms with Crippen molar-refractivity contribution in [3.05, 3.63) is 34.7 Å². The minimum absolute atomic E-state index is 0.667. The fourth-order valence-corrected chi connectivity index (χ4v) is 4.06. The summed E-state index contributed by atoms with van der Waals surface area (Å²) < 4.78 is 1.45. The molecule has 2 heteroatoms. The maximum atomic E-state index is 3.53. The summed E-state index contributed by atoms with van der Waals surface area (Å²) in [6.07, 6.45) is 2.57. The Balaban J connectivity index is 1.94. The number of benzene rings is 1. The molecule has 1 aromatic heterocycles. The van der Waals surface area contributed by atoms with Crippen molar-refractivity contribution in [1.82, 2.24) is 5.32 Å².